The molecule has 0 amide bonds. The monoisotopic (exact) mass is 298 g/mol. The second-order valence-corrected chi connectivity index (χ2v) is 8.58. The first kappa shape index (κ1) is 14.9. The lowest BCUT2D eigenvalue weighted by Gasteiger charge is -2.37. The molecule has 0 bridgehead atoms. The lowest BCUT2D eigenvalue weighted by atomic mass is 9.91. The van der Waals surface area contributed by atoms with Gasteiger partial charge in [-0.1, -0.05) is 39.0 Å². The Hall–Kier alpha value is -0.550. The van der Waals surface area contributed by atoms with Crippen LogP contribution in [0.1, 0.15) is 50.0 Å². The molecule has 3 nitrogen and oxygen atoms in total. The molecule has 5 heteroatoms. The van der Waals surface area contributed by atoms with Gasteiger partial charge >= 0.3 is 0 Å². The topological polar surface area (TPSA) is 33.2 Å². The SMILES string of the molecule is CC1SCCN(c2nc(C(C)(C)C)c(C=O)s2)C1C. The van der Waals surface area contributed by atoms with Crippen molar-refractivity contribution in [3.05, 3.63) is 10.6 Å². The number of anilines is 1. The van der Waals surface area contributed by atoms with Gasteiger partial charge in [0.2, 0.25) is 0 Å². The molecule has 2 atom stereocenters. The summed E-state index contributed by atoms with van der Waals surface area (Å²) in [4.78, 5) is 19.2. The van der Waals surface area contributed by atoms with Gasteiger partial charge in [0.15, 0.2) is 11.4 Å². The fraction of sp³-hybridized carbons (Fsp3) is 0.714. The van der Waals surface area contributed by atoms with E-state index in [0.29, 0.717) is 11.3 Å². The molecule has 0 aliphatic carbocycles. The van der Waals surface area contributed by atoms with E-state index in [1.165, 1.54) is 11.3 Å². The Balaban J connectivity index is 2.35. The van der Waals surface area contributed by atoms with Crippen LogP contribution in [-0.2, 0) is 5.41 Å². The predicted molar refractivity (Wildman–Crippen MR) is 84.9 cm³/mol. The van der Waals surface area contributed by atoms with E-state index in [0.717, 1.165) is 34.3 Å². The van der Waals surface area contributed by atoms with Crippen molar-refractivity contribution in [2.75, 3.05) is 17.2 Å². The van der Waals surface area contributed by atoms with Crippen LogP contribution >= 0.6 is 23.1 Å². The van der Waals surface area contributed by atoms with Crippen LogP contribution in [0.25, 0.3) is 0 Å². The third-order valence-corrected chi connectivity index (χ3v) is 5.94. The minimum absolute atomic E-state index is 0.0790. The van der Waals surface area contributed by atoms with E-state index in [2.05, 4.69) is 39.5 Å². The molecule has 1 aliphatic rings. The number of hydrogen-bond acceptors (Lipinski definition) is 5. The minimum Gasteiger partial charge on any atom is -0.343 e. The molecule has 0 radical (unpaired) electrons. The van der Waals surface area contributed by atoms with E-state index < -0.39 is 0 Å². The molecule has 19 heavy (non-hydrogen) atoms. The van der Waals surface area contributed by atoms with Gasteiger partial charge in [0.05, 0.1) is 10.6 Å². The first-order valence-electron chi connectivity index (χ1n) is 6.69. The first-order valence-corrected chi connectivity index (χ1v) is 8.56. The lowest BCUT2D eigenvalue weighted by molar-refractivity contribution is 0.112. The van der Waals surface area contributed by atoms with Gasteiger partial charge in [0.25, 0.3) is 0 Å². The van der Waals surface area contributed by atoms with Crippen LogP contribution in [0.2, 0.25) is 0 Å². The van der Waals surface area contributed by atoms with Gasteiger partial charge in [-0.05, 0) is 6.92 Å². The number of aromatic nitrogens is 1. The Labute approximate surface area is 123 Å². The molecule has 1 fully saturated rings. The Morgan fingerprint density at radius 3 is 2.58 bits per heavy atom. The number of carbonyl (C=O) groups excluding carboxylic acids is 1. The normalized spacial score (nSPS) is 24.6. The summed E-state index contributed by atoms with van der Waals surface area (Å²) in [7, 11) is 0. The van der Waals surface area contributed by atoms with Crippen molar-refractivity contribution >= 4 is 34.5 Å². The average Bonchev–Trinajstić information content (AvgIpc) is 2.76. The Morgan fingerprint density at radius 2 is 2.05 bits per heavy atom. The van der Waals surface area contributed by atoms with Crippen LogP contribution in [0.5, 0.6) is 0 Å². The fourth-order valence-corrected chi connectivity index (χ4v) is 4.57. The number of hydrogen-bond donors (Lipinski definition) is 0. The van der Waals surface area contributed by atoms with Crippen molar-refractivity contribution in [1.29, 1.82) is 0 Å². The van der Waals surface area contributed by atoms with Crippen LogP contribution < -0.4 is 4.90 Å². The van der Waals surface area contributed by atoms with Crippen LogP contribution in [0.4, 0.5) is 5.13 Å². The van der Waals surface area contributed by atoms with E-state index in [1.54, 1.807) is 0 Å². The molecule has 1 aromatic rings. The van der Waals surface area contributed by atoms with Gasteiger partial charge in [0.1, 0.15) is 0 Å². The number of thiazole rings is 1. The molecular weight excluding hydrogens is 276 g/mol. The number of carbonyl (C=O) groups is 1. The summed E-state index contributed by atoms with van der Waals surface area (Å²) in [5.41, 5.74) is 0.852. The quantitative estimate of drug-likeness (QED) is 0.781. The second kappa shape index (κ2) is 5.44. The summed E-state index contributed by atoms with van der Waals surface area (Å²) >= 11 is 3.55. The molecule has 1 saturated heterocycles. The third kappa shape index (κ3) is 2.97. The summed E-state index contributed by atoms with van der Waals surface area (Å²) in [6, 6.07) is 0.470. The van der Waals surface area contributed by atoms with E-state index in [-0.39, 0.29) is 5.41 Å². The molecule has 1 aliphatic heterocycles. The fourth-order valence-electron chi connectivity index (χ4n) is 2.26. The summed E-state index contributed by atoms with van der Waals surface area (Å²) in [5.74, 6) is 1.13. The molecule has 0 saturated carbocycles. The van der Waals surface area contributed by atoms with Crippen LogP contribution in [0, 0.1) is 0 Å². The van der Waals surface area contributed by atoms with Crippen LogP contribution in [0.15, 0.2) is 0 Å². The number of nitrogens with zero attached hydrogens (tertiary/aromatic N) is 2. The van der Waals surface area contributed by atoms with Crippen molar-refractivity contribution in [2.45, 2.75) is 51.3 Å². The zero-order valence-corrected chi connectivity index (χ0v) is 13.9. The van der Waals surface area contributed by atoms with E-state index >= 15 is 0 Å². The number of thioether (sulfide) groups is 1. The molecule has 2 rings (SSSR count). The van der Waals surface area contributed by atoms with Crippen molar-refractivity contribution in [3.63, 3.8) is 0 Å². The van der Waals surface area contributed by atoms with Crippen molar-refractivity contribution in [2.24, 2.45) is 0 Å². The Bertz CT molecular complexity index is 465. The van der Waals surface area contributed by atoms with E-state index in [1.807, 2.05) is 11.8 Å². The highest BCUT2D eigenvalue weighted by Crippen LogP contribution is 2.36. The first-order chi connectivity index (χ1) is 8.84. The Kier molecular flexibility index (Phi) is 4.26. The molecule has 2 unspecified atom stereocenters. The zero-order chi connectivity index (χ0) is 14.2. The van der Waals surface area contributed by atoms with Crippen LogP contribution in [-0.4, -0.2) is 34.9 Å². The van der Waals surface area contributed by atoms with Gasteiger partial charge < -0.3 is 4.90 Å². The van der Waals surface area contributed by atoms with Gasteiger partial charge in [-0.15, -0.1) is 0 Å². The summed E-state index contributed by atoms with van der Waals surface area (Å²) in [6.07, 6.45) is 0.953. The van der Waals surface area contributed by atoms with Gasteiger partial charge in [-0.3, -0.25) is 4.79 Å². The van der Waals surface area contributed by atoms with E-state index in [9.17, 15) is 4.79 Å². The molecule has 0 aromatic carbocycles. The van der Waals surface area contributed by atoms with E-state index in [4.69, 9.17) is 4.98 Å². The highest BCUT2D eigenvalue weighted by molar-refractivity contribution is 8.00. The average molecular weight is 298 g/mol. The zero-order valence-electron chi connectivity index (χ0n) is 12.3. The van der Waals surface area contributed by atoms with Gasteiger partial charge in [-0.2, -0.15) is 11.8 Å². The molecule has 0 spiro atoms. The highest BCUT2D eigenvalue weighted by Gasteiger charge is 2.30. The van der Waals surface area contributed by atoms with Crippen molar-refractivity contribution < 1.29 is 4.79 Å². The second-order valence-electron chi connectivity index (χ2n) is 6.09. The highest BCUT2D eigenvalue weighted by atomic mass is 32.2. The molecule has 106 valence electrons. The summed E-state index contributed by atoms with van der Waals surface area (Å²) in [5, 5.41) is 1.61. The molecule has 1 aromatic heterocycles. The minimum atomic E-state index is -0.0790. The Morgan fingerprint density at radius 1 is 1.37 bits per heavy atom. The molecular formula is C14H22N2OS2. The maximum absolute atomic E-state index is 11.3. The number of rotatable bonds is 2. The largest absolute Gasteiger partial charge is 0.343 e. The molecule has 2 heterocycles. The molecule has 0 N–H and O–H groups in total. The van der Waals surface area contributed by atoms with Crippen molar-refractivity contribution in [1.82, 2.24) is 4.98 Å². The van der Waals surface area contributed by atoms with Crippen molar-refractivity contribution in [3.8, 4) is 0 Å². The maximum Gasteiger partial charge on any atom is 0.186 e. The number of aldehydes is 1. The standard InChI is InChI=1S/C14H22N2OS2/c1-9-10(2)18-7-6-16(9)13-15-12(14(3,4)5)11(8-17)19-13/h8-10H,6-7H2,1-5H3. The third-order valence-electron chi connectivity index (χ3n) is 3.59. The van der Waals surface area contributed by atoms with Gasteiger partial charge in [-0.25, -0.2) is 4.98 Å². The maximum atomic E-state index is 11.3. The lowest BCUT2D eigenvalue weighted by Crippen LogP contribution is -2.44. The smallest absolute Gasteiger partial charge is 0.186 e. The van der Waals surface area contributed by atoms with Gasteiger partial charge in [0, 0.05) is 29.0 Å². The summed E-state index contributed by atoms with van der Waals surface area (Å²) < 4.78 is 0. The predicted octanol–water partition coefficient (Wildman–Crippen LogP) is 3.58. The van der Waals surface area contributed by atoms with Crippen LogP contribution in [0.3, 0.4) is 0 Å². The summed E-state index contributed by atoms with van der Waals surface area (Å²) in [6.45, 7) is 11.9.